The van der Waals surface area contributed by atoms with Crippen LogP contribution in [0.1, 0.15) is 25.8 Å². The molecule has 1 aromatic rings. The van der Waals surface area contributed by atoms with Gasteiger partial charge in [-0.25, -0.2) is 0 Å². The van der Waals surface area contributed by atoms with Gasteiger partial charge in [0.2, 0.25) is 0 Å². The highest BCUT2D eigenvalue weighted by atomic mass is 35.5. The van der Waals surface area contributed by atoms with Crippen LogP contribution in [0, 0.1) is 0 Å². The van der Waals surface area contributed by atoms with Crippen molar-refractivity contribution in [2.45, 2.75) is 32.9 Å². The quantitative estimate of drug-likeness (QED) is 0.772. The molecule has 2 N–H and O–H groups in total. The smallest absolute Gasteiger partial charge is 0.165 e. The summed E-state index contributed by atoms with van der Waals surface area (Å²) in [7, 11) is 1.59. The van der Waals surface area contributed by atoms with Crippen molar-refractivity contribution in [3.8, 4) is 11.5 Å². The first-order chi connectivity index (χ1) is 9.15. The van der Waals surface area contributed by atoms with Crippen molar-refractivity contribution >= 4 is 11.6 Å². The predicted molar refractivity (Wildman–Crippen MR) is 77.2 cm³/mol. The Morgan fingerprint density at radius 1 is 1.37 bits per heavy atom. The number of aliphatic hydroxyl groups is 1. The highest BCUT2D eigenvalue weighted by molar-refractivity contribution is 6.30. The van der Waals surface area contributed by atoms with Crippen molar-refractivity contribution in [3.05, 3.63) is 22.7 Å². The fraction of sp³-hybridized carbons (Fsp3) is 0.571. The normalized spacial score (nSPS) is 12.3. The van der Waals surface area contributed by atoms with E-state index in [2.05, 4.69) is 5.32 Å². The Labute approximate surface area is 119 Å². The van der Waals surface area contributed by atoms with Gasteiger partial charge in [-0.3, -0.25) is 0 Å². The molecule has 0 aliphatic heterocycles. The molecule has 0 unspecified atom stereocenters. The summed E-state index contributed by atoms with van der Waals surface area (Å²) < 4.78 is 10.9. The molecule has 108 valence electrons. The maximum atomic E-state index is 9.19. The zero-order chi connectivity index (χ0) is 14.3. The van der Waals surface area contributed by atoms with Crippen LogP contribution < -0.4 is 14.8 Å². The molecule has 0 spiro atoms. The van der Waals surface area contributed by atoms with Crippen LogP contribution in [-0.2, 0) is 6.54 Å². The first kappa shape index (κ1) is 16.1. The summed E-state index contributed by atoms with van der Waals surface area (Å²) in [6.45, 7) is 5.19. The van der Waals surface area contributed by atoms with Crippen LogP contribution >= 0.6 is 11.6 Å². The molecule has 0 saturated carbocycles. The molecule has 1 rings (SSSR count). The van der Waals surface area contributed by atoms with Crippen LogP contribution in [0.25, 0.3) is 0 Å². The van der Waals surface area contributed by atoms with E-state index >= 15 is 0 Å². The molecule has 0 amide bonds. The summed E-state index contributed by atoms with van der Waals surface area (Å²) in [4.78, 5) is 0. The highest BCUT2D eigenvalue weighted by Crippen LogP contribution is 2.34. The molecule has 0 saturated heterocycles. The number of rotatable bonds is 8. The average Bonchev–Trinajstić information content (AvgIpc) is 2.42. The number of nitrogens with one attached hydrogen (secondary N) is 1. The standard InChI is InChI=1S/C14H22ClNO3/c1-4-12(9-17)16-8-10-6-11(15)7-13(18-3)14(10)19-5-2/h6-7,12,16-17H,4-5,8-9H2,1-3H3/t12-/m0/s1. The third-order valence-corrected chi connectivity index (χ3v) is 3.12. The maximum Gasteiger partial charge on any atom is 0.165 e. The van der Waals surface area contributed by atoms with Crippen LogP contribution in [0.4, 0.5) is 0 Å². The highest BCUT2D eigenvalue weighted by Gasteiger charge is 2.13. The Morgan fingerprint density at radius 3 is 2.63 bits per heavy atom. The molecule has 0 aliphatic carbocycles. The molecular weight excluding hydrogens is 266 g/mol. The van der Waals surface area contributed by atoms with Crippen LogP contribution in [0.5, 0.6) is 11.5 Å². The molecule has 0 fully saturated rings. The summed E-state index contributed by atoms with van der Waals surface area (Å²) in [5.41, 5.74) is 0.929. The van der Waals surface area contributed by atoms with Crippen LogP contribution in [-0.4, -0.2) is 31.5 Å². The molecule has 0 radical (unpaired) electrons. The number of hydrogen-bond acceptors (Lipinski definition) is 4. The Balaban J connectivity index is 2.93. The molecule has 1 atom stereocenters. The number of ether oxygens (including phenoxy) is 2. The van der Waals surface area contributed by atoms with Crippen LogP contribution in [0.3, 0.4) is 0 Å². The third-order valence-electron chi connectivity index (χ3n) is 2.90. The lowest BCUT2D eigenvalue weighted by atomic mass is 10.1. The minimum Gasteiger partial charge on any atom is -0.493 e. The molecule has 0 aliphatic rings. The van der Waals surface area contributed by atoms with Gasteiger partial charge >= 0.3 is 0 Å². The Hall–Kier alpha value is -0.970. The van der Waals surface area contributed by atoms with Gasteiger partial charge in [-0.15, -0.1) is 0 Å². The molecule has 0 aromatic heterocycles. The Morgan fingerprint density at radius 2 is 2.11 bits per heavy atom. The fourth-order valence-corrected chi connectivity index (χ4v) is 2.04. The van der Waals surface area contributed by atoms with E-state index in [9.17, 15) is 5.11 Å². The lowest BCUT2D eigenvalue weighted by Crippen LogP contribution is -2.31. The van der Waals surface area contributed by atoms with Gasteiger partial charge in [0, 0.05) is 29.2 Å². The van der Waals surface area contributed by atoms with Crippen molar-refractivity contribution in [2.24, 2.45) is 0 Å². The van der Waals surface area contributed by atoms with Crippen LogP contribution in [0.2, 0.25) is 5.02 Å². The van der Waals surface area contributed by atoms with Gasteiger partial charge in [-0.05, 0) is 19.4 Å². The summed E-state index contributed by atoms with van der Waals surface area (Å²) in [6.07, 6.45) is 0.859. The van der Waals surface area contributed by atoms with Gasteiger partial charge in [0.05, 0.1) is 20.3 Å². The van der Waals surface area contributed by atoms with Gasteiger partial charge in [-0.2, -0.15) is 0 Å². The number of hydrogen-bond donors (Lipinski definition) is 2. The fourth-order valence-electron chi connectivity index (χ4n) is 1.81. The largest absolute Gasteiger partial charge is 0.493 e. The van der Waals surface area contributed by atoms with E-state index in [-0.39, 0.29) is 12.6 Å². The van der Waals surface area contributed by atoms with E-state index in [4.69, 9.17) is 21.1 Å². The maximum absolute atomic E-state index is 9.19. The Kier molecular flexibility index (Phi) is 6.99. The number of methoxy groups -OCH3 is 1. The summed E-state index contributed by atoms with van der Waals surface area (Å²) in [5, 5.41) is 13.1. The van der Waals surface area contributed by atoms with E-state index in [1.54, 1.807) is 13.2 Å². The Bertz CT molecular complexity index is 395. The first-order valence-electron chi connectivity index (χ1n) is 6.49. The number of aliphatic hydroxyl groups excluding tert-OH is 1. The lowest BCUT2D eigenvalue weighted by molar-refractivity contribution is 0.237. The molecular formula is C14H22ClNO3. The molecule has 4 nitrogen and oxygen atoms in total. The summed E-state index contributed by atoms with van der Waals surface area (Å²) in [6, 6.07) is 3.66. The molecule has 19 heavy (non-hydrogen) atoms. The lowest BCUT2D eigenvalue weighted by Gasteiger charge is -2.18. The van der Waals surface area contributed by atoms with Crippen molar-refractivity contribution in [1.82, 2.24) is 5.32 Å². The van der Waals surface area contributed by atoms with E-state index in [0.29, 0.717) is 29.7 Å². The summed E-state index contributed by atoms with van der Waals surface area (Å²) >= 11 is 6.07. The monoisotopic (exact) mass is 287 g/mol. The van der Waals surface area contributed by atoms with Gasteiger partial charge in [0.15, 0.2) is 11.5 Å². The topological polar surface area (TPSA) is 50.7 Å². The minimum absolute atomic E-state index is 0.0689. The third kappa shape index (κ3) is 4.56. The minimum atomic E-state index is 0.0689. The van der Waals surface area contributed by atoms with Crippen LogP contribution in [0.15, 0.2) is 12.1 Å². The van der Waals surface area contributed by atoms with Crippen molar-refractivity contribution in [2.75, 3.05) is 20.3 Å². The van der Waals surface area contributed by atoms with E-state index in [0.717, 1.165) is 12.0 Å². The zero-order valence-electron chi connectivity index (χ0n) is 11.7. The first-order valence-corrected chi connectivity index (χ1v) is 6.87. The second-order valence-corrected chi connectivity index (χ2v) is 4.63. The second kappa shape index (κ2) is 8.25. The van der Waals surface area contributed by atoms with E-state index in [1.807, 2.05) is 19.9 Å². The van der Waals surface area contributed by atoms with E-state index < -0.39 is 0 Å². The summed E-state index contributed by atoms with van der Waals surface area (Å²) in [5.74, 6) is 1.33. The van der Waals surface area contributed by atoms with Gasteiger partial charge < -0.3 is 19.9 Å². The van der Waals surface area contributed by atoms with Gasteiger partial charge in [0.1, 0.15) is 0 Å². The van der Waals surface area contributed by atoms with Gasteiger partial charge in [-0.1, -0.05) is 18.5 Å². The van der Waals surface area contributed by atoms with Crippen molar-refractivity contribution in [3.63, 3.8) is 0 Å². The zero-order valence-corrected chi connectivity index (χ0v) is 12.5. The van der Waals surface area contributed by atoms with Gasteiger partial charge in [0.25, 0.3) is 0 Å². The molecule has 0 heterocycles. The average molecular weight is 288 g/mol. The number of halogens is 1. The van der Waals surface area contributed by atoms with E-state index in [1.165, 1.54) is 0 Å². The number of benzene rings is 1. The second-order valence-electron chi connectivity index (χ2n) is 4.20. The predicted octanol–water partition coefficient (Wildman–Crippen LogP) is 2.61. The molecule has 5 heteroatoms. The molecule has 1 aromatic carbocycles. The SMILES string of the molecule is CCOc1c(CN[C@@H](CC)CO)cc(Cl)cc1OC. The van der Waals surface area contributed by atoms with Crippen molar-refractivity contribution in [1.29, 1.82) is 0 Å². The van der Waals surface area contributed by atoms with Crippen molar-refractivity contribution < 1.29 is 14.6 Å². The molecule has 0 bridgehead atoms.